The minimum absolute atomic E-state index is 0.0659. The predicted octanol–water partition coefficient (Wildman–Crippen LogP) is 3.48. The molecule has 2 rings (SSSR count). The van der Waals surface area contributed by atoms with Crippen LogP contribution >= 0.6 is 0 Å². The van der Waals surface area contributed by atoms with Crippen LogP contribution in [0.25, 0.3) is 0 Å². The van der Waals surface area contributed by atoms with E-state index in [1.807, 2.05) is 32.2 Å². The van der Waals surface area contributed by atoms with Crippen molar-refractivity contribution in [1.82, 2.24) is 0 Å². The van der Waals surface area contributed by atoms with Crippen molar-refractivity contribution in [2.75, 3.05) is 19.1 Å². The molecule has 0 heterocycles. The Balaban J connectivity index is 2.25. The first-order chi connectivity index (χ1) is 9.11. The average Bonchev–Trinajstić information content (AvgIpc) is 2.46. The standard InChI is InChI=1S/C16H20N2O/c1-12(17)13-7-9-14(10-8-13)18(2)15-5-4-6-16(11-15)19-3/h4-12H,17H2,1-3H3/t12-/m0/s1. The summed E-state index contributed by atoms with van der Waals surface area (Å²) in [6.45, 7) is 1.99. The van der Waals surface area contributed by atoms with Gasteiger partial charge in [0.05, 0.1) is 7.11 Å². The van der Waals surface area contributed by atoms with Crippen LogP contribution in [-0.4, -0.2) is 14.2 Å². The summed E-state index contributed by atoms with van der Waals surface area (Å²) in [7, 11) is 3.71. The number of benzene rings is 2. The highest BCUT2D eigenvalue weighted by Crippen LogP contribution is 2.27. The smallest absolute Gasteiger partial charge is 0.120 e. The number of ether oxygens (including phenoxy) is 1. The van der Waals surface area contributed by atoms with E-state index in [9.17, 15) is 0 Å². The Bertz CT molecular complexity index is 535. The van der Waals surface area contributed by atoms with Gasteiger partial charge in [-0.2, -0.15) is 0 Å². The molecule has 0 aliphatic heterocycles. The number of hydrogen-bond acceptors (Lipinski definition) is 3. The summed E-state index contributed by atoms with van der Waals surface area (Å²) >= 11 is 0. The van der Waals surface area contributed by atoms with E-state index in [0.29, 0.717) is 0 Å². The van der Waals surface area contributed by atoms with Crippen LogP contribution in [0.1, 0.15) is 18.5 Å². The molecule has 2 aromatic carbocycles. The highest BCUT2D eigenvalue weighted by atomic mass is 16.5. The molecule has 0 bridgehead atoms. The SMILES string of the molecule is COc1cccc(N(C)c2ccc([C@H](C)N)cc2)c1. The molecule has 3 nitrogen and oxygen atoms in total. The summed E-state index contributed by atoms with van der Waals surface area (Å²) in [5, 5.41) is 0. The Morgan fingerprint density at radius 2 is 1.74 bits per heavy atom. The third-order valence-electron chi connectivity index (χ3n) is 3.25. The lowest BCUT2D eigenvalue weighted by Crippen LogP contribution is -2.10. The minimum Gasteiger partial charge on any atom is -0.497 e. The van der Waals surface area contributed by atoms with E-state index in [1.54, 1.807) is 7.11 Å². The second kappa shape index (κ2) is 5.76. The van der Waals surface area contributed by atoms with E-state index in [0.717, 1.165) is 22.7 Å². The fraction of sp³-hybridized carbons (Fsp3) is 0.250. The molecule has 0 aromatic heterocycles. The molecule has 0 spiro atoms. The zero-order valence-corrected chi connectivity index (χ0v) is 11.6. The Morgan fingerprint density at radius 1 is 1.05 bits per heavy atom. The maximum absolute atomic E-state index is 5.86. The second-order valence-electron chi connectivity index (χ2n) is 4.64. The number of methoxy groups -OCH3 is 1. The van der Waals surface area contributed by atoms with Crippen molar-refractivity contribution in [2.24, 2.45) is 5.73 Å². The van der Waals surface area contributed by atoms with Crippen molar-refractivity contribution >= 4 is 11.4 Å². The first kappa shape index (κ1) is 13.4. The summed E-state index contributed by atoms with van der Waals surface area (Å²) < 4.78 is 5.25. The fourth-order valence-corrected chi connectivity index (χ4v) is 1.97. The molecular weight excluding hydrogens is 236 g/mol. The Labute approximate surface area is 114 Å². The lowest BCUT2D eigenvalue weighted by atomic mass is 10.1. The predicted molar refractivity (Wildman–Crippen MR) is 80.1 cm³/mol. The monoisotopic (exact) mass is 256 g/mol. The average molecular weight is 256 g/mol. The Hall–Kier alpha value is -2.00. The van der Waals surface area contributed by atoms with Crippen LogP contribution in [0, 0.1) is 0 Å². The molecule has 0 fully saturated rings. The van der Waals surface area contributed by atoms with E-state index < -0.39 is 0 Å². The zero-order valence-electron chi connectivity index (χ0n) is 11.6. The van der Waals surface area contributed by atoms with Gasteiger partial charge in [-0.1, -0.05) is 18.2 Å². The number of nitrogens with zero attached hydrogens (tertiary/aromatic N) is 1. The topological polar surface area (TPSA) is 38.5 Å². The maximum atomic E-state index is 5.86. The van der Waals surface area contributed by atoms with Gasteiger partial charge in [-0.05, 0) is 36.8 Å². The van der Waals surface area contributed by atoms with Crippen molar-refractivity contribution in [3.05, 3.63) is 54.1 Å². The van der Waals surface area contributed by atoms with Crippen LogP contribution < -0.4 is 15.4 Å². The van der Waals surface area contributed by atoms with E-state index in [4.69, 9.17) is 10.5 Å². The molecule has 100 valence electrons. The molecule has 19 heavy (non-hydrogen) atoms. The van der Waals surface area contributed by atoms with E-state index >= 15 is 0 Å². The molecule has 3 heteroatoms. The fourth-order valence-electron chi connectivity index (χ4n) is 1.97. The summed E-state index contributed by atoms with van der Waals surface area (Å²) in [4.78, 5) is 2.12. The van der Waals surface area contributed by atoms with Gasteiger partial charge in [-0.15, -0.1) is 0 Å². The summed E-state index contributed by atoms with van der Waals surface area (Å²) in [6, 6.07) is 16.4. The van der Waals surface area contributed by atoms with Gasteiger partial charge in [0, 0.05) is 30.5 Å². The van der Waals surface area contributed by atoms with Gasteiger partial charge in [-0.25, -0.2) is 0 Å². The number of hydrogen-bond donors (Lipinski definition) is 1. The lowest BCUT2D eigenvalue weighted by molar-refractivity contribution is 0.415. The van der Waals surface area contributed by atoms with Gasteiger partial charge in [-0.3, -0.25) is 0 Å². The van der Waals surface area contributed by atoms with Crippen molar-refractivity contribution in [3.63, 3.8) is 0 Å². The molecule has 0 unspecified atom stereocenters. The highest BCUT2D eigenvalue weighted by molar-refractivity contribution is 5.64. The van der Waals surface area contributed by atoms with Crippen molar-refractivity contribution in [3.8, 4) is 5.75 Å². The number of anilines is 2. The molecule has 0 amide bonds. The van der Waals surface area contributed by atoms with Crippen LogP contribution in [0.3, 0.4) is 0 Å². The van der Waals surface area contributed by atoms with Gasteiger partial charge in [0.2, 0.25) is 0 Å². The highest BCUT2D eigenvalue weighted by Gasteiger charge is 2.06. The molecule has 0 saturated carbocycles. The Morgan fingerprint density at radius 3 is 2.32 bits per heavy atom. The normalized spacial score (nSPS) is 12.0. The molecule has 2 aromatic rings. The second-order valence-corrected chi connectivity index (χ2v) is 4.64. The molecule has 1 atom stereocenters. The molecule has 0 aliphatic rings. The van der Waals surface area contributed by atoms with Crippen LogP contribution in [0.4, 0.5) is 11.4 Å². The van der Waals surface area contributed by atoms with Gasteiger partial charge in [0.1, 0.15) is 5.75 Å². The van der Waals surface area contributed by atoms with E-state index in [2.05, 4.69) is 35.2 Å². The van der Waals surface area contributed by atoms with Crippen LogP contribution in [0.15, 0.2) is 48.5 Å². The first-order valence-electron chi connectivity index (χ1n) is 6.35. The number of nitrogens with two attached hydrogens (primary N) is 1. The van der Waals surface area contributed by atoms with Gasteiger partial charge < -0.3 is 15.4 Å². The lowest BCUT2D eigenvalue weighted by Gasteiger charge is -2.20. The molecule has 0 radical (unpaired) electrons. The third kappa shape index (κ3) is 3.06. The summed E-state index contributed by atoms with van der Waals surface area (Å²) in [5.74, 6) is 0.858. The quantitative estimate of drug-likeness (QED) is 0.910. The third-order valence-corrected chi connectivity index (χ3v) is 3.25. The van der Waals surface area contributed by atoms with Crippen LogP contribution in [-0.2, 0) is 0 Å². The maximum Gasteiger partial charge on any atom is 0.120 e. The molecule has 2 N–H and O–H groups in total. The van der Waals surface area contributed by atoms with E-state index in [-0.39, 0.29) is 6.04 Å². The van der Waals surface area contributed by atoms with Crippen molar-refractivity contribution in [1.29, 1.82) is 0 Å². The van der Waals surface area contributed by atoms with Crippen molar-refractivity contribution < 1.29 is 4.74 Å². The Kier molecular flexibility index (Phi) is 4.07. The minimum atomic E-state index is 0.0659. The largest absolute Gasteiger partial charge is 0.497 e. The molecule has 0 aliphatic carbocycles. The van der Waals surface area contributed by atoms with Crippen molar-refractivity contribution in [2.45, 2.75) is 13.0 Å². The van der Waals surface area contributed by atoms with Gasteiger partial charge >= 0.3 is 0 Å². The first-order valence-corrected chi connectivity index (χ1v) is 6.35. The van der Waals surface area contributed by atoms with Crippen LogP contribution in [0.2, 0.25) is 0 Å². The molecule has 0 saturated heterocycles. The van der Waals surface area contributed by atoms with Gasteiger partial charge in [0.15, 0.2) is 0 Å². The zero-order chi connectivity index (χ0) is 13.8. The number of rotatable bonds is 4. The van der Waals surface area contributed by atoms with E-state index in [1.165, 1.54) is 0 Å². The van der Waals surface area contributed by atoms with Gasteiger partial charge in [0.25, 0.3) is 0 Å². The molecular formula is C16H20N2O. The van der Waals surface area contributed by atoms with Crippen LogP contribution in [0.5, 0.6) is 5.75 Å². The summed E-state index contributed by atoms with van der Waals surface area (Å²) in [6.07, 6.45) is 0. The summed E-state index contributed by atoms with van der Waals surface area (Å²) in [5.41, 5.74) is 9.21.